The lowest BCUT2D eigenvalue weighted by Gasteiger charge is -2.37. The molecule has 0 radical (unpaired) electrons. The minimum Gasteiger partial charge on any atom is -0.360 e. The Labute approximate surface area is 137 Å². The molecule has 1 amide bonds. The minimum absolute atomic E-state index is 0.0374. The zero-order valence-corrected chi connectivity index (χ0v) is 13.9. The Bertz CT molecular complexity index is 561. The van der Waals surface area contributed by atoms with Crippen molar-refractivity contribution >= 4 is 5.91 Å². The second-order valence-corrected chi connectivity index (χ2v) is 7.05. The molecule has 2 saturated heterocycles. The van der Waals surface area contributed by atoms with Gasteiger partial charge in [-0.1, -0.05) is 12.1 Å². The molecule has 6 nitrogen and oxygen atoms in total. The van der Waals surface area contributed by atoms with Crippen molar-refractivity contribution < 1.29 is 9.32 Å². The molecule has 2 aliphatic heterocycles. The lowest BCUT2D eigenvalue weighted by atomic mass is 10.2. The Morgan fingerprint density at radius 2 is 2.00 bits per heavy atom. The van der Waals surface area contributed by atoms with Crippen molar-refractivity contribution in [3.05, 3.63) is 17.5 Å². The van der Waals surface area contributed by atoms with Crippen LogP contribution in [0.5, 0.6) is 0 Å². The van der Waals surface area contributed by atoms with Gasteiger partial charge >= 0.3 is 0 Å². The first-order valence-electron chi connectivity index (χ1n) is 8.97. The molecule has 6 heteroatoms. The van der Waals surface area contributed by atoms with Crippen molar-refractivity contribution in [2.45, 2.75) is 38.1 Å². The number of piperazine rings is 1. The zero-order valence-electron chi connectivity index (χ0n) is 13.9. The first kappa shape index (κ1) is 15.1. The van der Waals surface area contributed by atoms with Crippen molar-refractivity contribution in [1.29, 1.82) is 0 Å². The molecular weight excluding hydrogens is 292 g/mol. The van der Waals surface area contributed by atoms with Gasteiger partial charge in [0.25, 0.3) is 5.91 Å². The Morgan fingerprint density at radius 3 is 2.70 bits per heavy atom. The summed E-state index contributed by atoms with van der Waals surface area (Å²) >= 11 is 0. The van der Waals surface area contributed by atoms with Gasteiger partial charge in [0, 0.05) is 57.3 Å². The molecule has 0 N–H and O–H groups in total. The maximum Gasteiger partial charge on any atom is 0.276 e. The van der Waals surface area contributed by atoms with Crippen LogP contribution in [0.2, 0.25) is 0 Å². The van der Waals surface area contributed by atoms with E-state index in [1.807, 2.05) is 11.0 Å². The molecule has 3 aliphatic rings. The average molecular weight is 318 g/mol. The number of carbonyl (C=O) groups is 1. The topological polar surface area (TPSA) is 52.8 Å². The van der Waals surface area contributed by atoms with E-state index in [2.05, 4.69) is 21.9 Å². The minimum atomic E-state index is 0.0374. The molecule has 4 rings (SSSR count). The van der Waals surface area contributed by atoms with Crippen molar-refractivity contribution in [3.8, 4) is 0 Å². The van der Waals surface area contributed by atoms with Crippen LogP contribution in [-0.4, -0.2) is 77.6 Å². The number of rotatable bonds is 4. The van der Waals surface area contributed by atoms with Gasteiger partial charge in [-0.2, -0.15) is 0 Å². The van der Waals surface area contributed by atoms with Crippen molar-refractivity contribution in [1.82, 2.24) is 19.9 Å². The van der Waals surface area contributed by atoms with Crippen molar-refractivity contribution in [2.24, 2.45) is 0 Å². The number of carbonyl (C=O) groups excluding carboxylic acids is 1. The van der Waals surface area contributed by atoms with Crippen LogP contribution in [0.25, 0.3) is 0 Å². The van der Waals surface area contributed by atoms with Crippen molar-refractivity contribution in [3.63, 3.8) is 0 Å². The molecule has 1 aromatic rings. The second kappa shape index (κ2) is 6.24. The van der Waals surface area contributed by atoms with Gasteiger partial charge in [-0.15, -0.1) is 0 Å². The molecule has 3 fully saturated rings. The van der Waals surface area contributed by atoms with E-state index in [1.54, 1.807) is 0 Å². The largest absolute Gasteiger partial charge is 0.360 e. The number of likely N-dealkylation sites (tertiary alicyclic amines) is 1. The molecule has 0 bridgehead atoms. The third-order valence-corrected chi connectivity index (χ3v) is 5.55. The van der Waals surface area contributed by atoms with E-state index in [1.165, 1.54) is 12.8 Å². The maximum atomic E-state index is 12.6. The quantitative estimate of drug-likeness (QED) is 0.840. The van der Waals surface area contributed by atoms with E-state index in [0.29, 0.717) is 17.7 Å². The maximum absolute atomic E-state index is 12.6. The first-order valence-corrected chi connectivity index (χ1v) is 8.97. The number of amides is 1. The third-order valence-electron chi connectivity index (χ3n) is 5.55. The van der Waals surface area contributed by atoms with Crippen LogP contribution in [0.15, 0.2) is 10.6 Å². The summed E-state index contributed by atoms with van der Waals surface area (Å²) in [5.74, 6) is 1.43. The van der Waals surface area contributed by atoms with Crippen LogP contribution < -0.4 is 0 Å². The lowest BCUT2D eigenvalue weighted by Crippen LogP contribution is -2.51. The van der Waals surface area contributed by atoms with Crippen LogP contribution in [0.1, 0.15) is 48.4 Å². The highest BCUT2D eigenvalue weighted by molar-refractivity contribution is 5.92. The Morgan fingerprint density at radius 1 is 1.22 bits per heavy atom. The molecule has 126 valence electrons. The summed E-state index contributed by atoms with van der Waals surface area (Å²) in [5, 5.41) is 3.99. The van der Waals surface area contributed by atoms with Gasteiger partial charge in [-0.05, 0) is 25.8 Å². The Kier molecular flexibility index (Phi) is 4.11. The Hall–Kier alpha value is -1.40. The van der Waals surface area contributed by atoms with Gasteiger partial charge in [0.1, 0.15) is 5.76 Å². The molecule has 1 aliphatic carbocycles. The number of hydrogen-bond acceptors (Lipinski definition) is 5. The number of nitrogens with zero attached hydrogens (tertiary/aromatic N) is 4. The monoisotopic (exact) mass is 318 g/mol. The van der Waals surface area contributed by atoms with Gasteiger partial charge in [-0.25, -0.2) is 0 Å². The lowest BCUT2D eigenvalue weighted by molar-refractivity contribution is 0.0736. The smallest absolute Gasteiger partial charge is 0.276 e. The normalized spacial score (nSPS) is 26.8. The molecule has 3 heterocycles. The van der Waals surface area contributed by atoms with E-state index in [0.717, 1.165) is 58.0 Å². The summed E-state index contributed by atoms with van der Waals surface area (Å²) in [6.07, 6.45) is 3.40. The predicted octanol–water partition coefficient (Wildman–Crippen LogP) is 1.40. The second-order valence-electron chi connectivity index (χ2n) is 7.05. The highest BCUT2D eigenvalue weighted by Crippen LogP contribution is 2.40. The number of aromatic nitrogens is 1. The van der Waals surface area contributed by atoms with Gasteiger partial charge in [-0.3, -0.25) is 9.69 Å². The van der Waals surface area contributed by atoms with Crippen LogP contribution in [0, 0.1) is 0 Å². The molecule has 1 saturated carbocycles. The molecule has 0 spiro atoms. The fourth-order valence-electron chi connectivity index (χ4n) is 3.78. The molecule has 23 heavy (non-hydrogen) atoms. The SMILES string of the molecule is CCN1CCN([C@@H]2CCN(C(=O)c3cc(C4CC4)on3)C2)CC1. The molecule has 1 aromatic heterocycles. The zero-order chi connectivity index (χ0) is 15.8. The summed E-state index contributed by atoms with van der Waals surface area (Å²) in [6.45, 7) is 9.56. The Balaban J connectivity index is 1.33. The van der Waals surface area contributed by atoms with E-state index < -0.39 is 0 Å². The van der Waals surface area contributed by atoms with E-state index in [4.69, 9.17) is 4.52 Å². The predicted molar refractivity (Wildman–Crippen MR) is 86.5 cm³/mol. The average Bonchev–Trinajstić information content (AvgIpc) is 3.14. The van der Waals surface area contributed by atoms with Crippen LogP contribution in [0.4, 0.5) is 0 Å². The van der Waals surface area contributed by atoms with Crippen LogP contribution in [-0.2, 0) is 0 Å². The van der Waals surface area contributed by atoms with Crippen molar-refractivity contribution in [2.75, 3.05) is 45.8 Å². The summed E-state index contributed by atoms with van der Waals surface area (Å²) in [7, 11) is 0. The number of hydrogen-bond donors (Lipinski definition) is 0. The fraction of sp³-hybridized carbons (Fsp3) is 0.765. The summed E-state index contributed by atoms with van der Waals surface area (Å²) in [5.41, 5.74) is 0.489. The summed E-state index contributed by atoms with van der Waals surface area (Å²) in [6, 6.07) is 2.36. The molecule has 0 unspecified atom stereocenters. The van der Waals surface area contributed by atoms with Crippen LogP contribution in [0.3, 0.4) is 0 Å². The highest BCUT2D eigenvalue weighted by Gasteiger charge is 2.34. The number of likely N-dealkylation sites (N-methyl/N-ethyl adjacent to an activating group) is 1. The highest BCUT2D eigenvalue weighted by atomic mass is 16.5. The standard InChI is InChI=1S/C17H26N4O2/c1-2-19-7-9-20(10-8-19)14-5-6-21(12-14)17(22)15-11-16(23-18-15)13-3-4-13/h11,13-14H,2-10,12H2,1H3/t14-/m1/s1. The first-order chi connectivity index (χ1) is 11.2. The van der Waals surface area contributed by atoms with Crippen LogP contribution >= 0.6 is 0 Å². The third kappa shape index (κ3) is 3.15. The van der Waals surface area contributed by atoms with E-state index in [-0.39, 0.29) is 5.91 Å². The van der Waals surface area contributed by atoms with E-state index in [9.17, 15) is 4.79 Å². The molecular formula is C17H26N4O2. The molecule has 0 aromatic carbocycles. The van der Waals surface area contributed by atoms with E-state index >= 15 is 0 Å². The van der Waals surface area contributed by atoms with Gasteiger partial charge in [0.2, 0.25) is 0 Å². The van der Waals surface area contributed by atoms with Gasteiger partial charge in [0.05, 0.1) is 0 Å². The van der Waals surface area contributed by atoms with Gasteiger partial charge < -0.3 is 14.3 Å². The molecule has 1 atom stereocenters. The fourth-order valence-corrected chi connectivity index (χ4v) is 3.78. The summed E-state index contributed by atoms with van der Waals surface area (Å²) in [4.78, 5) is 19.6. The van der Waals surface area contributed by atoms with Gasteiger partial charge in [0.15, 0.2) is 5.69 Å². The summed E-state index contributed by atoms with van der Waals surface area (Å²) < 4.78 is 5.32.